The van der Waals surface area contributed by atoms with E-state index in [1.165, 1.54) is 38.5 Å². The molecule has 0 aromatic carbocycles. The summed E-state index contributed by atoms with van der Waals surface area (Å²) in [6.45, 7) is 8.98. The van der Waals surface area contributed by atoms with Gasteiger partial charge in [0.15, 0.2) is 0 Å². The Balaban J connectivity index is 0.000000526. The molecule has 4 aliphatic carbocycles. The smallest absolute Gasteiger partial charge is 0.00655 e. The van der Waals surface area contributed by atoms with Gasteiger partial charge in [-0.05, 0) is 55.8 Å². The third-order valence-corrected chi connectivity index (χ3v) is 6.72. The largest absolute Gasteiger partial charge is 0.0805 e. The van der Waals surface area contributed by atoms with Crippen LogP contribution in [-0.2, 0) is 0 Å². The van der Waals surface area contributed by atoms with Gasteiger partial charge in [-0.15, -0.1) is 0 Å². The molecule has 0 aromatic heterocycles. The molecular formula is C24H36. The van der Waals surface area contributed by atoms with Crippen molar-refractivity contribution in [1.29, 1.82) is 0 Å². The van der Waals surface area contributed by atoms with Crippen molar-refractivity contribution < 1.29 is 0 Å². The predicted octanol–water partition coefficient (Wildman–Crippen LogP) is 7.11. The normalized spacial score (nSPS) is 37.2. The van der Waals surface area contributed by atoms with E-state index in [9.17, 15) is 0 Å². The first-order chi connectivity index (χ1) is 11.7. The van der Waals surface area contributed by atoms with E-state index in [0.717, 1.165) is 35.5 Å². The fraction of sp³-hybridized carbons (Fsp3) is 0.667. The van der Waals surface area contributed by atoms with Gasteiger partial charge in [-0.2, -0.15) is 0 Å². The van der Waals surface area contributed by atoms with Gasteiger partial charge in [0, 0.05) is 0 Å². The molecule has 132 valence electrons. The first-order valence-corrected chi connectivity index (χ1v) is 10.4. The van der Waals surface area contributed by atoms with Gasteiger partial charge < -0.3 is 0 Å². The van der Waals surface area contributed by atoms with Gasteiger partial charge in [-0.3, -0.25) is 0 Å². The van der Waals surface area contributed by atoms with Gasteiger partial charge in [0.05, 0.1) is 0 Å². The summed E-state index contributed by atoms with van der Waals surface area (Å²) in [6.07, 6.45) is 23.1. The van der Waals surface area contributed by atoms with Gasteiger partial charge >= 0.3 is 0 Å². The molecule has 0 amide bonds. The Labute approximate surface area is 149 Å². The van der Waals surface area contributed by atoms with Crippen LogP contribution in [-0.4, -0.2) is 0 Å². The van der Waals surface area contributed by atoms with Crippen molar-refractivity contribution in [3.8, 4) is 0 Å². The molecule has 0 bridgehead atoms. The van der Waals surface area contributed by atoms with Crippen molar-refractivity contribution in [2.45, 2.75) is 66.2 Å². The third kappa shape index (κ3) is 3.35. The Hall–Kier alpha value is -1.04. The number of fused-ring (bicyclic) bond motifs is 3. The summed E-state index contributed by atoms with van der Waals surface area (Å²) < 4.78 is 0. The van der Waals surface area contributed by atoms with Crippen LogP contribution in [0.3, 0.4) is 0 Å². The zero-order valence-electron chi connectivity index (χ0n) is 16.2. The zero-order chi connectivity index (χ0) is 17.1. The van der Waals surface area contributed by atoms with Crippen LogP contribution in [0.5, 0.6) is 0 Å². The van der Waals surface area contributed by atoms with Crippen LogP contribution in [0.15, 0.2) is 47.6 Å². The molecule has 0 heterocycles. The predicted molar refractivity (Wildman–Crippen MR) is 106 cm³/mol. The summed E-state index contributed by atoms with van der Waals surface area (Å²) in [5, 5.41) is 0. The van der Waals surface area contributed by atoms with E-state index in [2.05, 4.69) is 64.2 Å². The summed E-state index contributed by atoms with van der Waals surface area (Å²) in [5.41, 5.74) is 3.24. The first-order valence-electron chi connectivity index (χ1n) is 10.4. The SMILES string of the molecule is CC1=CC=CC2C(CC3CCCC3)C3C=CC=C(C)C3C12.CCC. The van der Waals surface area contributed by atoms with Gasteiger partial charge in [-0.1, -0.05) is 93.6 Å². The molecule has 4 rings (SSSR count). The van der Waals surface area contributed by atoms with Crippen LogP contribution in [0.4, 0.5) is 0 Å². The molecule has 4 unspecified atom stereocenters. The van der Waals surface area contributed by atoms with Crippen LogP contribution in [0.25, 0.3) is 0 Å². The molecule has 0 radical (unpaired) electrons. The molecule has 2 saturated carbocycles. The van der Waals surface area contributed by atoms with Crippen molar-refractivity contribution in [2.75, 3.05) is 0 Å². The lowest BCUT2D eigenvalue weighted by atomic mass is 9.75. The second-order valence-electron chi connectivity index (χ2n) is 8.55. The molecule has 0 nitrogen and oxygen atoms in total. The molecule has 24 heavy (non-hydrogen) atoms. The quantitative estimate of drug-likeness (QED) is 0.507. The topological polar surface area (TPSA) is 0 Å². The molecule has 0 saturated heterocycles. The second kappa shape index (κ2) is 7.89. The average Bonchev–Trinajstić information content (AvgIpc) is 3.17. The second-order valence-corrected chi connectivity index (χ2v) is 8.55. The maximum Gasteiger partial charge on any atom is -0.00655 e. The maximum atomic E-state index is 2.54. The van der Waals surface area contributed by atoms with Crippen LogP contribution in [0, 0.1) is 35.5 Å². The van der Waals surface area contributed by atoms with Gasteiger partial charge in [0.2, 0.25) is 0 Å². The summed E-state index contributed by atoms with van der Waals surface area (Å²) in [4.78, 5) is 0. The highest BCUT2D eigenvalue weighted by atomic mass is 14.5. The lowest BCUT2D eigenvalue weighted by molar-refractivity contribution is 0.289. The molecular weight excluding hydrogens is 288 g/mol. The Morgan fingerprint density at radius 2 is 1.29 bits per heavy atom. The van der Waals surface area contributed by atoms with E-state index in [-0.39, 0.29) is 0 Å². The number of hydrogen-bond acceptors (Lipinski definition) is 0. The van der Waals surface area contributed by atoms with E-state index in [1.807, 2.05) is 0 Å². The Kier molecular flexibility index (Phi) is 5.85. The summed E-state index contributed by atoms with van der Waals surface area (Å²) in [6, 6.07) is 0. The van der Waals surface area contributed by atoms with Crippen molar-refractivity contribution in [3.05, 3.63) is 47.6 Å². The van der Waals surface area contributed by atoms with E-state index >= 15 is 0 Å². The standard InChI is InChI=1S/C21H28.C3H8/c1-14-7-5-11-17-19(13-16-9-3-4-10-16)18-12-6-8-15(2)21(18)20(14)17;1-3-2/h5-8,11-12,16-21H,3-4,9-10,13H2,1-2H3;3H2,1-2H3. The van der Waals surface area contributed by atoms with Crippen LogP contribution < -0.4 is 0 Å². The molecule has 0 N–H and O–H groups in total. The number of allylic oxidation sites excluding steroid dienone is 8. The van der Waals surface area contributed by atoms with Gasteiger partial charge in [-0.25, -0.2) is 0 Å². The van der Waals surface area contributed by atoms with Crippen molar-refractivity contribution in [1.82, 2.24) is 0 Å². The molecule has 0 aromatic rings. The maximum absolute atomic E-state index is 2.54. The Bertz CT molecular complexity index is 498. The van der Waals surface area contributed by atoms with Crippen LogP contribution in [0.1, 0.15) is 66.2 Å². The molecule has 0 aliphatic heterocycles. The molecule has 0 heteroatoms. The highest BCUT2D eigenvalue weighted by Crippen LogP contribution is 2.57. The number of hydrogen-bond donors (Lipinski definition) is 0. The van der Waals surface area contributed by atoms with Crippen molar-refractivity contribution in [2.24, 2.45) is 35.5 Å². The highest BCUT2D eigenvalue weighted by Gasteiger charge is 2.50. The van der Waals surface area contributed by atoms with Crippen LogP contribution in [0.2, 0.25) is 0 Å². The third-order valence-electron chi connectivity index (χ3n) is 6.72. The van der Waals surface area contributed by atoms with Gasteiger partial charge in [0.25, 0.3) is 0 Å². The fourth-order valence-electron chi connectivity index (χ4n) is 5.81. The fourth-order valence-corrected chi connectivity index (χ4v) is 5.81. The van der Waals surface area contributed by atoms with E-state index in [4.69, 9.17) is 0 Å². The molecule has 2 fully saturated rings. The number of rotatable bonds is 2. The molecule has 4 aliphatic rings. The lowest BCUT2D eigenvalue weighted by Gasteiger charge is -2.29. The van der Waals surface area contributed by atoms with E-state index in [0.29, 0.717) is 0 Å². The summed E-state index contributed by atoms with van der Waals surface area (Å²) in [5.74, 6) is 5.00. The zero-order valence-corrected chi connectivity index (χ0v) is 16.2. The molecule has 0 spiro atoms. The van der Waals surface area contributed by atoms with Crippen molar-refractivity contribution >= 4 is 0 Å². The lowest BCUT2D eigenvalue weighted by Crippen LogP contribution is -2.21. The summed E-state index contributed by atoms with van der Waals surface area (Å²) in [7, 11) is 0. The Morgan fingerprint density at radius 3 is 1.75 bits per heavy atom. The first kappa shape index (κ1) is 17.8. The molecule has 4 atom stereocenters. The van der Waals surface area contributed by atoms with Crippen LogP contribution >= 0.6 is 0 Å². The van der Waals surface area contributed by atoms with Gasteiger partial charge in [0.1, 0.15) is 0 Å². The van der Waals surface area contributed by atoms with Crippen molar-refractivity contribution in [3.63, 3.8) is 0 Å². The Morgan fingerprint density at radius 1 is 0.833 bits per heavy atom. The monoisotopic (exact) mass is 324 g/mol. The highest BCUT2D eigenvalue weighted by molar-refractivity contribution is 5.35. The minimum atomic E-state index is 0.771. The minimum absolute atomic E-state index is 0.771. The average molecular weight is 325 g/mol. The van der Waals surface area contributed by atoms with E-state index in [1.54, 1.807) is 11.1 Å². The van der Waals surface area contributed by atoms with E-state index < -0.39 is 0 Å². The minimum Gasteiger partial charge on any atom is -0.0805 e. The summed E-state index contributed by atoms with van der Waals surface area (Å²) >= 11 is 0.